The van der Waals surface area contributed by atoms with E-state index < -0.39 is 6.09 Å². The summed E-state index contributed by atoms with van der Waals surface area (Å²) in [6.45, 7) is 0.642. The molecule has 4 nitrogen and oxygen atoms in total. The van der Waals surface area contributed by atoms with Crippen LogP contribution < -0.4 is 0 Å². The fourth-order valence-electron chi connectivity index (χ4n) is 2.89. The van der Waals surface area contributed by atoms with Gasteiger partial charge in [0.15, 0.2) is 0 Å². The molecule has 1 saturated carbocycles. The van der Waals surface area contributed by atoms with E-state index in [1.165, 1.54) is 4.90 Å². The fraction of sp³-hybridized carbons (Fsp3) is 0.900. The van der Waals surface area contributed by atoms with Crippen LogP contribution in [0.5, 0.6) is 0 Å². The lowest BCUT2D eigenvalue weighted by Crippen LogP contribution is -2.53. The predicted molar refractivity (Wildman–Crippen MR) is 51.1 cm³/mol. The molecule has 1 aliphatic carbocycles. The van der Waals surface area contributed by atoms with Crippen LogP contribution in [0.1, 0.15) is 32.1 Å². The molecular weight excluding hydrogens is 182 g/mol. The monoisotopic (exact) mass is 199 g/mol. The van der Waals surface area contributed by atoms with Gasteiger partial charge in [-0.15, -0.1) is 0 Å². The van der Waals surface area contributed by atoms with E-state index in [1.807, 2.05) is 0 Å². The molecule has 4 heteroatoms. The van der Waals surface area contributed by atoms with Crippen LogP contribution in [0.25, 0.3) is 0 Å². The van der Waals surface area contributed by atoms with E-state index in [0.29, 0.717) is 6.54 Å². The molecule has 2 aliphatic rings. The van der Waals surface area contributed by atoms with Crippen molar-refractivity contribution in [2.24, 2.45) is 5.92 Å². The van der Waals surface area contributed by atoms with Gasteiger partial charge in [-0.3, -0.25) is 0 Å². The quantitative estimate of drug-likeness (QED) is 0.618. The standard InChI is InChI=1S/C10H17NO3/c12-9-5-1-4-8-7(9)3-2-6-11(8)10(13)14/h7-9,12H,1-6H2,(H,13,14). The van der Waals surface area contributed by atoms with Crippen molar-refractivity contribution in [2.75, 3.05) is 6.54 Å². The first kappa shape index (κ1) is 9.77. The average Bonchev–Trinajstić information content (AvgIpc) is 2.17. The molecule has 3 atom stereocenters. The Balaban J connectivity index is 2.11. The number of carboxylic acid groups (broad SMARTS) is 1. The van der Waals surface area contributed by atoms with E-state index in [4.69, 9.17) is 5.11 Å². The number of aliphatic hydroxyl groups is 1. The third kappa shape index (κ3) is 1.59. The molecule has 1 saturated heterocycles. The lowest BCUT2D eigenvalue weighted by Gasteiger charge is -2.44. The Labute approximate surface area is 83.5 Å². The molecule has 1 amide bonds. The summed E-state index contributed by atoms with van der Waals surface area (Å²) < 4.78 is 0. The molecule has 0 radical (unpaired) electrons. The highest BCUT2D eigenvalue weighted by Gasteiger charge is 2.39. The summed E-state index contributed by atoms with van der Waals surface area (Å²) in [4.78, 5) is 12.5. The largest absolute Gasteiger partial charge is 0.465 e. The second kappa shape index (κ2) is 3.77. The normalized spacial score (nSPS) is 37.8. The first-order chi connectivity index (χ1) is 6.70. The molecule has 80 valence electrons. The molecule has 1 heterocycles. The number of amides is 1. The predicted octanol–water partition coefficient (Wildman–Crippen LogP) is 1.29. The summed E-state index contributed by atoms with van der Waals surface area (Å²) >= 11 is 0. The molecular formula is C10H17NO3. The number of fused-ring (bicyclic) bond motifs is 1. The molecule has 14 heavy (non-hydrogen) atoms. The summed E-state index contributed by atoms with van der Waals surface area (Å²) in [5, 5.41) is 18.8. The maximum Gasteiger partial charge on any atom is 0.407 e. The van der Waals surface area contributed by atoms with E-state index in [2.05, 4.69) is 0 Å². The van der Waals surface area contributed by atoms with E-state index in [1.54, 1.807) is 0 Å². The van der Waals surface area contributed by atoms with Gasteiger partial charge < -0.3 is 15.1 Å². The summed E-state index contributed by atoms with van der Waals surface area (Å²) in [6, 6.07) is 0.0741. The number of aliphatic hydroxyl groups excluding tert-OH is 1. The van der Waals surface area contributed by atoms with Crippen LogP contribution in [0.2, 0.25) is 0 Å². The van der Waals surface area contributed by atoms with Crippen LogP contribution in [-0.4, -0.2) is 39.9 Å². The van der Waals surface area contributed by atoms with Crippen molar-refractivity contribution in [3.63, 3.8) is 0 Å². The van der Waals surface area contributed by atoms with Crippen molar-refractivity contribution in [1.82, 2.24) is 4.90 Å². The fourth-order valence-corrected chi connectivity index (χ4v) is 2.89. The molecule has 0 bridgehead atoms. The summed E-state index contributed by atoms with van der Waals surface area (Å²) in [5.74, 6) is 0.189. The Morgan fingerprint density at radius 1 is 1.21 bits per heavy atom. The van der Waals surface area contributed by atoms with Gasteiger partial charge in [0.2, 0.25) is 0 Å². The van der Waals surface area contributed by atoms with Gasteiger partial charge in [-0.1, -0.05) is 0 Å². The first-order valence-corrected chi connectivity index (χ1v) is 5.38. The van der Waals surface area contributed by atoms with Gasteiger partial charge in [0.25, 0.3) is 0 Å². The Hall–Kier alpha value is -0.770. The van der Waals surface area contributed by atoms with E-state index in [9.17, 15) is 9.90 Å². The highest BCUT2D eigenvalue weighted by molar-refractivity contribution is 5.65. The van der Waals surface area contributed by atoms with Crippen LogP contribution in [0.3, 0.4) is 0 Å². The Bertz CT molecular complexity index is 231. The van der Waals surface area contributed by atoms with E-state index in [0.717, 1.165) is 32.1 Å². The SMILES string of the molecule is O=C(O)N1CCCC2C(O)CCCC21. The van der Waals surface area contributed by atoms with Crippen molar-refractivity contribution < 1.29 is 15.0 Å². The summed E-state index contributed by atoms with van der Waals surface area (Å²) in [6.07, 6.45) is 3.49. The minimum absolute atomic E-state index is 0.0741. The van der Waals surface area contributed by atoms with E-state index in [-0.39, 0.29) is 18.1 Å². The summed E-state index contributed by atoms with van der Waals surface area (Å²) in [5.41, 5.74) is 0. The van der Waals surface area contributed by atoms with Gasteiger partial charge in [-0.25, -0.2) is 4.79 Å². The van der Waals surface area contributed by atoms with Crippen molar-refractivity contribution in [3.05, 3.63) is 0 Å². The number of piperidine rings is 1. The van der Waals surface area contributed by atoms with Gasteiger partial charge in [0, 0.05) is 18.5 Å². The smallest absolute Gasteiger partial charge is 0.407 e. The zero-order valence-electron chi connectivity index (χ0n) is 8.22. The lowest BCUT2D eigenvalue weighted by molar-refractivity contribution is -0.0192. The first-order valence-electron chi connectivity index (χ1n) is 5.38. The zero-order chi connectivity index (χ0) is 10.1. The topological polar surface area (TPSA) is 60.8 Å². The van der Waals surface area contributed by atoms with Gasteiger partial charge >= 0.3 is 6.09 Å². The summed E-state index contributed by atoms with van der Waals surface area (Å²) in [7, 11) is 0. The van der Waals surface area contributed by atoms with Gasteiger partial charge in [0.1, 0.15) is 0 Å². The number of carbonyl (C=O) groups is 1. The zero-order valence-corrected chi connectivity index (χ0v) is 8.22. The number of nitrogens with zero attached hydrogens (tertiary/aromatic N) is 1. The Kier molecular flexibility index (Phi) is 2.63. The second-order valence-corrected chi connectivity index (χ2v) is 4.35. The molecule has 2 fully saturated rings. The highest BCUT2D eigenvalue weighted by atomic mass is 16.4. The molecule has 0 aromatic heterocycles. The molecule has 3 unspecified atom stereocenters. The minimum atomic E-state index is -0.825. The molecule has 0 aromatic rings. The molecule has 0 aromatic carbocycles. The number of rotatable bonds is 0. The van der Waals surface area contributed by atoms with Crippen LogP contribution in [-0.2, 0) is 0 Å². The maximum absolute atomic E-state index is 11.0. The molecule has 1 aliphatic heterocycles. The third-order valence-electron chi connectivity index (χ3n) is 3.57. The third-order valence-corrected chi connectivity index (χ3v) is 3.57. The maximum atomic E-state index is 11.0. The Morgan fingerprint density at radius 2 is 2.00 bits per heavy atom. The number of hydrogen-bond donors (Lipinski definition) is 2. The van der Waals surface area contributed by atoms with Gasteiger partial charge in [-0.2, -0.15) is 0 Å². The van der Waals surface area contributed by atoms with Crippen molar-refractivity contribution >= 4 is 6.09 Å². The van der Waals surface area contributed by atoms with Crippen molar-refractivity contribution in [2.45, 2.75) is 44.2 Å². The average molecular weight is 199 g/mol. The molecule has 2 rings (SSSR count). The van der Waals surface area contributed by atoms with Crippen LogP contribution >= 0.6 is 0 Å². The van der Waals surface area contributed by atoms with Crippen molar-refractivity contribution in [3.8, 4) is 0 Å². The number of likely N-dealkylation sites (tertiary alicyclic amines) is 1. The highest BCUT2D eigenvalue weighted by Crippen LogP contribution is 2.35. The van der Waals surface area contributed by atoms with Crippen molar-refractivity contribution in [1.29, 1.82) is 0 Å². The minimum Gasteiger partial charge on any atom is -0.465 e. The van der Waals surface area contributed by atoms with Gasteiger partial charge in [-0.05, 0) is 32.1 Å². The molecule has 2 N–H and O–H groups in total. The lowest BCUT2D eigenvalue weighted by atomic mass is 9.76. The van der Waals surface area contributed by atoms with Crippen LogP contribution in [0.15, 0.2) is 0 Å². The van der Waals surface area contributed by atoms with E-state index >= 15 is 0 Å². The van der Waals surface area contributed by atoms with Gasteiger partial charge in [0.05, 0.1) is 6.10 Å². The Morgan fingerprint density at radius 3 is 2.71 bits per heavy atom. The van der Waals surface area contributed by atoms with Crippen LogP contribution in [0, 0.1) is 5.92 Å². The number of hydrogen-bond acceptors (Lipinski definition) is 2. The van der Waals surface area contributed by atoms with Crippen LogP contribution in [0.4, 0.5) is 4.79 Å². The molecule has 0 spiro atoms. The second-order valence-electron chi connectivity index (χ2n) is 4.35.